The summed E-state index contributed by atoms with van der Waals surface area (Å²) in [4.78, 5) is 21.3. The predicted octanol–water partition coefficient (Wildman–Crippen LogP) is 0.0719. The minimum absolute atomic E-state index is 0.0990. The monoisotopic (exact) mass is 167 g/mol. The Morgan fingerprint density at radius 2 is 2.25 bits per heavy atom. The van der Waals surface area contributed by atoms with Gasteiger partial charge in [0, 0.05) is 0 Å². The number of ketones is 1. The summed E-state index contributed by atoms with van der Waals surface area (Å²) in [6.07, 6.45) is 4.28. The Kier molecular flexibility index (Phi) is 2.28. The third-order valence-electron chi connectivity index (χ3n) is 1.57. The van der Waals surface area contributed by atoms with Crippen LogP contribution in [0.1, 0.15) is 6.92 Å². The van der Waals surface area contributed by atoms with E-state index in [-0.39, 0.29) is 11.4 Å². The van der Waals surface area contributed by atoms with E-state index in [4.69, 9.17) is 5.11 Å². The molecule has 4 nitrogen and oxygen atoms in total. The van der Waals surface area contributed by atoms with E-state index in [1.54, 1.807) is 0 Å². The van der Waals surface area contributed by atoms with Crippen molar-refractivity contribution < 1.29 is 14.7 Å². The zero-order valence-corrected chi connectivity index (χ0v) is 6.57. The van der Waals surface area contributed by atoms with Gasteiger partial charge in [0.25, 0.3) is 0 Å². The molecule has 0 saturated carbocycles. The average Bonchev–Trinajstić information content (AvgIpc) is 2.04. The summed E-state index contributed by atoms with van der Waals surface area (Å²) < 4.78 is 0. The second-order valence-corrected chi connectivity index (χ2v) is 2.52. The number of nitrogens with one attached hydrogen (secondary N) is 1. The number of carboxylic acid groups (broad SMARTS) is 1. The van der Waals surface area contributed by atoms with Crippen LogP contribution in [0, 0.1) is 0 Å². The first-order valence-electron chi connectivity index (χ1n) is 3.49. The number of aliphatic carboxylic acids is 1. The fourth-order valence-electron chi connectivity index (χ4n) is 0.902. The van der Waals surface area contributed by atoms with Gasteiger partial charge in [-0.15, -0.1) is 0 Å². The van der Waals surface area contributed by atoms with Gasteiger partial charge in [-0.25, -0.2) is 4.79 Å². The second-order valence-electron chi connectivity index (χ2n) is 2.52. The molecule has 0 aromatic heterocycles. The molecule has 2 N–H and O–H groups in total. The molecule has 0 spiro atoms. The van der Waals surface area contributed by atoms with Crippen molar-refractivity contribution in [1.82, 2.24) is 5.32 Å². The van der Waals surface area contributed by atoms with Crippen LogP contribution in [0.3, 0.4) is 0 Å². The van der Waals surface area contributed by atoms with E-state index in [2.05, 4.69) is 5.32 Å². The standard InChI is InChI=1S/C8H9NO3/c1-5(10)7-4-6(8(11)12)2-3-9-7/h2-4,7,9H,1H3,(H,11,12). The summed E-state index contributed by atoms with van der Waals surface area (Å²) in [5, 5.41) is 11.3. The van der Waals surface area contributed by atoms with Gasteiger partial charge in [-0.05, 0) is 25.3 Å². The van der Waals surface area contributed by atoms with Gasteiger partial charge < -0.3 is 10.4 Å². The molecule has 1 rings (SSSR count). The lowest BCUT2D eigenvalue weighted by Gasteiger charge is -2.13. The smallest absolute Gasteiger partial charge is 0.335 e. The van der Waals surface area contributed by atoms with Crippen LogP contribution in [0.15, 0.2) is 23.9 Å². The highest BCUT2D eigenvalue weighted by atomic mass is 16.4. The molecule has 0 fully saturated rings. The maximum absolute atomic E-state index is 10.8. The Hall–Kier alpha value is -1.58. The van der Waals surface area contributed by atoms with Crippen LogP contribution in [0.2, 0.25) is 0 Å². The van der Waals surface area contributed by atoms with Crippen LogP contribution in [-0.2, 0) is 9.59 Å². The van der Waals surface area contributed by atoms with Crippen molar-refractivity contribution in [3.63, 3.8) is 0 Å². The summed E-state index contributed by atoms with van der Waals surface area (Å²) >= 11 is 0. The quantitative estimate of drug-likeness (QED) is 0.610. The molecule has 0 saturated heterocycles. The normalized spacial score (nSPS) is 21.1. The summed E-state index contributed by atoms with van der Waals surface area (Å²) in [7, 11) is 0. The predicted molar refractivity (Wildman–Crippen MR) is 42.5 cm³/mol. The van der Waals surface area contributed by atoms with Crippen molar-refractivity contribution >= 4 is 11.8 Å². The van der Waals surface area contributed by atoms with Crippen molar-refractivity contribution in [3.8, 4) is 0 Å². The number of hydrogen-bond donors (Lipinski definition) is 2. The fourth-order valence-corrected chi connectivity index (χ4v) is 0.902. The van der Waals surface area contributed by atoms with Crippen LogP contribution < -0.4 is 5.32 Å². The molecule has 64 valence electrons. The summed E-state index contributed by atoms with van der Waals surface area (Å²) in [5.41, 5.74) is 0.147. The lowest BCUT2D eigenvalue weighted by Crippen LogP contribution is -2.32. The summed E-state index contributed by atoms with van der Waals surface area (Å²) in [5.74, 6) is -1.11. The molecule has 0 bridgehead atoms. The van der Waals surface area contributed by atoms with Gasteiger partial charge in [-0.1, -0.05) is 0 Å². The van der Waals surface area contributed by atoms with Gasteiger partial charge in [-0.2, -0.15) is 0 Å². The molecule has 0 aromatic carbocycles. The van der Waals surface area contributed by atoms with Gasteiger partial charge >= 0.3 is 5.97 Å². The number of carbonyl (C=O) groups is 2. The van der Waals surface area contributed by atoms with E-state index in [0.717, 1.165) is 0 Å². The number of rotatable bonds is 2. The Morgan fingerprint density at radius 3 is 2.75 bits per heavy atom. The van der Waals surface area contributed by atoms with Gasteiger partial charge in [0.15, 0.2) is 5.78 Å². The van der Waals surface area contributed by atoms with Crippen molar-refractivity contribution in [2.24, 2.45) is 0 Å². The Labute approximate surface area is 69.6 Å². The van der Waals surface area contributed by atoms with Crippen molar-refractivity contribution in [2.45, 2.75) is 13.0 Å². The van der Waals surface area contributed by atoms with E-state index >= 15 is 0 Å². The van der Waals surface area contributed by atoms with Gasteiger partial charge in [0.1, 0.15) is 6.04 Å². The highest BCUT2D eigenvalue weighted by molar-refractivity contribution is 5.93. The van der Waals surface area contributed by atoms with E-state index in [9.17, 15) is 9.59 Å². The van der Waals surface area contributed by atoms with E-state index in [1.807, 2.05) is 0 Å². The first-order chi connectivity index (χ1) is 5.61. The lowest BCUT2D eigenvalue weighted by atomic mass is 10.1. The summed E-state index contributed by atoms with van der Waals surface area (Å²) in [6.45, 7) is 1.41. The van der Waals surface area contributed by atoms with Crippen molar-refractivity contribution in [2.75, 3.05) is 0 Å². The maximum Gasteiger partial charge on any atom is 0.335 e. The Morgan fingerprint density at radius 1 is 1.58 bits per heavy atom. The Bertz CT molecular complexity index is 278. The number of carbonyl (C=O) groups excluding carboxylic acids is 1. The molecule has 0 amide bonds. The number of hydrogen-bond acceptors (Lipinski definition) is 3. The van der Waals surface area contributed by atoms with E-state index < -0.39 is 12.0 Å². The van der Waals surface area contributed by atoms with Gasteiger partial charge in [0.2, 0.25) is 0 Å². The molecular formula is C8H9NO3. The zero-order chi connectivity index (χ0) is 9.14. The van der Waals surface area contributed by atoms with E-state index in [1.165, 1.54) is 25.3 Å². The van der Waals surface area contributed by atoms with Gasteiger partial charge in [-0.3, -0.25) is 4.79 Å². The molecular weight excluding hydrogens is 158 g/mol. The van der Waals surface area contributed by atoms with Crippen molar-refractivity contribution in [3.05, 3.63) is 23.9 Å². The number of carboxylic acids is 1. The largest absolute Gasteiger partial charge is 0.478 e. The van der Waals surface area contributed by atoms with Crippen LogP contribution in [0.5, 0.6) is 0 Å². The SMILES string of the molecule is CC(=O)C1C=C(C(=O)O)C=CN1. The molecule has 1 unspecified atom stereocenters. The lowest BCUT2D eigenvalue weighted by molar-refractivity contribution is -0.132. The molecule has 12 heavy (non-hydrogen) atoms. The first kappa shape index (κ1) is 8.52. The van der Waals surface area contributed by atoms with Crippen molar-refractivity contribution in [1.29, 1.82) is 0 Å². The molecule has 0 aliphatic carbocycles. The van der Waals surface area contributed by atoms with E-state index in [0.29, 0.717) is 0 Å². The first-order valence-corrected chi connectivity index (χ1v) is 3.49. The number of Topliss-reactive ketones (excluding diaryl/α,β-unsaturated/α-hetero) is 1. The minimum Gasteiger partial charge on any atom is -0.478 e. The number of dihydropyridines is 1. The highest BCUT2D eigenvalue weighted by Crippen LogP contribution is 2.05. The van der Waals surface area contributed by atoms with Gasteiger partial charge in [0.05, 0.1) is 5.57 Å². The molecule has 1 aliphatic heterocycles. The van der Waals surface area contributed by atoms with Crippen LogP contribution in [0.4, 0.5) is 0 Å². The third-order valence-corrected chi connectivity index (χ3v) is 1.57. The minimum atomic E-state index is -1.01. The molecule has 1 atom stereocenters. The summed E-state index contributed by atoms with van der Waals surface area (Å²) in [6, 6.07) is -0.499. The average molecular weight is 167 g/mol. The molecule has 0 radical (unpaired) electrons. The topological polar surface area (TPSA) is 66.4 Å². The fraction of sp³-hybridized carbons (Fsp3) is 0.250. The second kappa shape index (κ2) is 3.21. The Balaban J connectivity index is 2.82. The van der Waals surface area contributed by atoms with Crippen LogP contribution in [-0.4, -0.2) is 22.9 Å². The maximum atomic E-state index is 10.8. The van der Waals surface area contributed by atoms with Crippen LogP contribution >= 0.6 is 0 Å². The third kappa shape index (κ3) is 1.72. The molecule has 1 aliphatic rings. The molecule has 1 heterocycles. The van der Waals surface area contributed by atoms with Crippen LogP contribution in [0.25, 0.3) is 0 Å². The molecule has 0 aromatic rings. The molecule has 4 heteroatoms. The highest BCUT2D eigenvalue weighted by Gasteiger charge is 2.15. The zero-order valence-electron chi connectivity index (χ0n) is 6.57.